The molecule has 0 fully saturated rings. The number of nitrogens with zero attached hydrogens (tertiary/aromatic N) is 2. The number of carbonyl (C=O) groups is 1. The van der Waals surface area contributed by atoms with E-state index in [4.69, 9.17) is 9.15 Å². The van der Waals surface area contributed by atoms with Gasteiger partial charge in [-0.25, -0.2) is 4.68 Å². The minimum atomic E-state index is -0.243. The van der Waals surface area contributed by atoms with Crippen molar-refractivity contribution in [2.45, 2.75) is 6.54 Å². The summed E-state index contributed by atoms with van der Waals surface area (Å²) >= 11 is 0. The Morgan fingerprint density at radius 2 is 2.00 bits per heavy atom. The number of fused-ring (bicyclic) bond motifs is 3. The van der Waals surface area contributed by atoms with E-state index in [-0.39, 0.29) is 18.0 Å². The van der Waals surface area contributed by atoms with E-state index in [2.05, 4.69) is 15.4 Å². The lowest BCUT2D eigenvalue weighted by atomic mass is 10.1. The molecule has 31 heavy (non-hydrogen) atoms. The summed E-state index contributed by atoms with van der Waals surface area (Å²) in [6.45, 7) is 0.289. The minimum absolute atomic E-state index is 0.220. The number of pyridine rings is 1. The van der Waals surface area contributed by atoms with E-state index in [1.54, 1.807) is 74.2 Å². The SMILES string of the molecule is COc1ccc(-n2[nH]c3c(cnc4ccc(C(=O)NCc5ccco5)cc43)c2=O)cc1. The number of carbonyl (C=O) groups excluding carboxylic acids is 1. The van der Waals surface area contributed by atoms with E-state index in [0.717, 1.165) is 0 Å². The lowest BCUT2D eigenvalue weighted by Gasteiger charge is -2.05. The zero-order valence-corrected chi connectivity index (χ0v) is 16.6. The van der Waals surface area contributed by atoms with Crippen LogP contribution in [-0.2, 0) is 6.54 Å². The van der Waals surface area contributed by atoms with Gasteiger partial charge in [0.1, 0.15) is 11.5 Å². The first-order valence-corrected chi connectivity index (χ1v) is 9.62. The number of aromatic nitrogens is 3. The van der Waals surface area contributed by atoms with Gasteiger partial charge in [-0.1, -0.05) is 0 Å². The fourth-order valence-electron chi connectivity index (χ4n) is 3.50. The van der Waals surface area contributed by atoms with Crippen molar-refractivity contribution in [2.24, 2.45) is 0 Å². The zero-order valence-electron chi connectivity index (χ0n) is 16.6. The summed E-state index contributed by atoms with van der Waals surface area (Å²) in [5, 5.41) is 7.11. The van der Waals surface area contributed by atoms with E-state index in [9.17, 15) is 9.59 Å². The van der Waals surface area contributed by atoms with Gasteiger partial charge in [0, 0.05) is 17.1 Å². The number of H-pyrrole nitrogens is 1. The van der Waals surface area contributed by atoms with Gasteiger partial charge in [0.05, 0.1) is 42.0 Å². The molecule has 0 saturated carbocycles. The second-order valence-electron chi connectivity index (χ2n) is 6.99. The van der Waals surface area contributed by atoms with Gasteiger partial charge in [0.25, 0.3) is 11.5 Å². The van der Waals surface area contributed by atoms with E-state index >= 15 is 0 Å². The first kappa shape index (κ1) is 18.7. The Morgan fingerprint density at radius 3 is 2.74 bits per heavy atom. The van der Waals surface area contributed by atoms with E-state index in [0.29, 0.717) is 44.6 Å². The topological polar surface area (TPSA) is 102 Å². The fraction of sp³-hybridized carbons (Fsp3) is 0.0870. The maximum atomic E-state index is 13.0. The first-order chi connectivity index (χ1) is 15.1. The molecule has 154 valence electrons. The van der Waals surface area contributed by atoms with Crippen LogP contribution in [0.4, 0.5) is 0 Å². The maximum Gasteiger partial charge on any atom is 0.280 e. The molecule has 2 aromatic carbocycles. The number of aromatic amines is 1. The standard InChI is InChI=1S/C23H18N4O4/c1-30-16-7-5-15(6-8-16)27-23(29)19-13-24-20-9-4-14(11-18(20)21(19)26-27)22(28)25-12-17-3-2-10-31-17/h2-11,13,26H,12H2,1H3,(H,25,28). The highest BCUT2D eigenvalue weighted by Gasteiger charge is 2.14. The Morgan fingerprint density at radius 1 is 1.16 bits per heavy atom. The molecule has 0 saturated heterocycles. The van der Waals surface area contributed by atoms with Gasteiger partial charge in [-0.05, 0) is 54.6 Å². The summed E-state index contributed by atoms with van der Waals surface area (Å²) in [4.78, 5) is 30.0. The van der Waals surface area contributed by atoms with Crippen molar-refractivity contribution in [1.29, 1.82) is 0 Å². The number of hydrogen-bond donors (Lipinski definition) is 2. The molecule has 0 aliphatic rings. The van der Waals surface area contributed by atoms with Gasteiger partial charge in [-0.3, -0.25) is 19.7 Å². The molecule has 0 aliphatic heterocycles. The third-order valence-electron chi connectivity index (χ3n) is 5.12. The molecule has 5 rings (SSSR count). The molecule has 1 amide bonds. The van der Waals surface area contributed by atoms with Gasteiger partial charge < -0.3 is 14.5 Å². The molecular weight excluding hydrogens is 396 g/mol. The van der Waals surface area contributed by atoms with Crippen molar-refractivity contribution in [3.8, 4) is 11.4 Å². The normalized spacial score (nSPS) is 11.1. The van der Waals surface area contributed by atoms with Crippen molar-refractivity contribution in [2.75, 3.05) is 7.11 Å². The monoisotopic (exact) mass is 414 g/mol. The smallest absolute Gasteiger partial charge is 0.280 e. The molecule has 0 atom stereocenters. The third-order valence-corrected chi connectivity index (χ3v) is 5.12. The van der Waals surface area contributed by atoms with Crippen LogP contribution in [0.1, 0.15) is 16.1 Å². The van der Waals surface area contributed by atoms with Crippen LogP contribution in [0.2, 0.25) is 0 Å². The largest absolute Gasteiger partial charge is 0.497 e. The van der Waals surface area contributed by atoms with Gasteiger partial charge >= 0.3 is 0 Å². The summed E-state index contributed by atoms with van der Waals surface area (Å²) < 4.78 is 11.9. The summed E-state index contributed by atoms with van der Waals surface area (Å²) in [5.74, 6) is 1.12. The maximum absolute atomic E-state index is 13.0. The van der Waals surface area contributed by atoms with E-state index < -0.39 is 0 Å². The number of rotatable bonds is 5. The number of methoxy groups -OCH3 is 1. The highest BCUT2D eigenvalue weighted by Crippen LogP contribution is 2.23. The van der Waals surface area contributed by atoms with Gasteiger partial charge in [-0.2, -0.15) is 0 Å². The molecule has 2 N–H and O–H groups in total. The Labute approximate surface area is 176 Å². The first-order valence-electron chi connectivity index (χ1n) is 9.62. The van der Waals surface area contributed by atoms with Crippen molar-refractivity contribution in [3.63, 3.8) is 0 Å². The lowest BCUT2D eigenvalue weighted by molar-refractivity contribution is 0.0948. The van der Waals surface area contributed by atoms with Gasteiger partial charge in [0.2, 0.25) is 0 Å². The molecule has 0 bridgehead atoms. The molecule has 3 aromatic heterocycles. The average Bonchev–Trinajstić information content (AvgIpc) is 3.45. The van der Waals surface area contributed by atoms with Gasteiger partial charge in [-0.15, -0.1) is 0 Å². The van der Waals surface area contributed by atoms with Crippen molar-refractivity contribution in [1.82, 2.24) is 20.1 Å². The second-order valence-corrected chi connectivity index (χ2v) is 6.99. The van der Waals surface area contributed by atoms with Crippen LogP contribution in [0, 0.1) is 0 Å². The molecule has 5 aromatic rings. The number of nitrogens with one attached hydrogen (secondary N) is 2. The molecule has 0 radical (unpaired) electrons. The molecule has 0 unspecified atom stereocenters. The highest BCUT2D eigenvalue weighted by atomic mass is 16.5. The second kappa shape index (κ2) is 7.49. The number of amides is 1. The van der Waals surface area contributed by atoms with Crippen LogP contribution in [-0.4, -0.2) is 27.8 Å². The summed E-state index contributed by atoms with van der Waals surface area (Å²) in [6, 6.07) is 15.9. The summed E-state index contributed by atoms with van der Waals surface area (Å²) in [5.41, 5.74) is 2.21. The van der Waals surface area contributed by atoms with Crippen LogP contribution in [0.25, 0.3) is 27.5 Å². The van der Waals surface area contributed by atoms with Crippen LogP contribution in [0.15, 0.2) is 76.3 Å². The number of furan rings is 1. The number of ether oxygens (including phenoxy) is 1. The quantitative estimate of drug-likeness (QED) is 0.459. The minimum Gasteiger partial charge on any atom is -0.497 e. The number of benzene rings is 2. The lowest BCUT2D eigenvalue weighted by Crippen LogP contribution is -2.22. The molecule has 0 spiro atoms. The van der Waals surface area contributed by atoms with Crippen molar-refractivity contribution in [3.05, 3.63) is 88.7 Å². The zero-order chi connectivity index (χ0) is 21.4. The molecule has 0 aliphatic carbocycles. The van der Waals surface area contributed by atoms with Crippen molar-refractivity contribution < 1.29 is 13.9 Å². The Hall–Kier alpha value is -4.33. The average molecular weight is 414 g/mol. The van der Waals surface area contributed by atoms with Crippen LogP contribution in [0.5, 0.6) is 5.75 Å². The Kier molecular flexibility index (Phi) is 4.51. The van der Waals surface area contributed by atoms with E-state index in [1.165, 1.54) is 4.68 Å². The Bertz CT molecular complexity index is 1450. The van der Waals surface area contributed by atoms with Crippen LogP contribution >= 0.6 is 0 Å². The molecule has 8 nitrogen and oxygen atoms in total. The predicted octanol–water partition coefficient (Wildman–Crippen LogP) is 3.40. The molecular formula is C23H18N4O4. The van der Waals surface area contributed by atoms with Crippen LogP contribution < -0.4 is 15.6 Å². The number of hydrogen-bond acceptors (Lipinski definition) is 5. The summed E-state index contributed by atoms with van der Waals surface area (Å²) in [7, 11) is 1.59. The third kappa shape index (κ3) is 3.33. The molecule has 3 heterocycles. The predicted molar refractivity (Wildman–Crippen MR) is 116 cm³/mol. The van der Waals surface area contributed by atoms with E-state index in [1.807, 2.05) is 0 Å². The molecule has 8 heteroatoms. The van der Waals surface area contributed by atoms with Crippen LogP contribution in [0.3, 0.4) is 0 Å². The van der Waals surface area contributed by atoms with Crippen molar-refractivity contribution >= 4 is 27.7 Å². The fourth-order valence-corrected chi connectivity index (χ4v) is 3.50. The Balaban J connectivity index is 1.55. The summed E-state index contributed by atoms with van der Waals surface area (Å²) in [6.07, 6.45) is 3.11. The highest BCUT2D eigenvalue weighted by molar-refractivity contribution is 6.06. The van der Waals surface area contributed by atoms with Gasteiger partial charge in [0.15, 0.2) is 0 Å².